The maximum atomic E-state index is 5.63. The summed E-state index contributed by atoms with van der Waals surface area (Å²) in [4.78, 5) is 9.17. The molecule has 2 aliphatic carbocycles. The van der Waals surface area contributed by atoms with E-state index in [1.807, 2.05) is 18.3 Å². The van der Waals surface area contributed by atoms with E-state index in [4.69, 9.17) is 4.52 Å². The molecule has 1 N–H and O–H groups in total. The van der Waals surface area contributed by atoms with Crippen molar-refractivity contribution >= 4 is 5.69 Å². The Morgan fingerprint density at radius 3 is 2.72 bits per heavy atom. The number of aryl methyl sites for hydroxylation is 1. The molecule has 0 aromatic carbocycles. The van der Waals surface area contributed by atoms with Crippen molar-refractivity contribution in [3.05, 3.63) is 35.6 Å². The predicted octanol–water partition coefficient (Wildman–Crippen LogP) is 3.93. The van der Waals surface area contributed by atoms with E-state index in [-0.39, 0.29) is 11.5 Å². The first-order chi connectivity index (χ1) is 14.0. The number of pyridine rings is 1. The van der Waals surface area contributed by atoms with Crippen LogP contribution in [-0.2, 0) is 12.8 Å². The van der Waals surface area contributed by atoms with Crippen molar-refractivity contribution in [2.75, 3.05) is 5.32 Å². The molecule has 5 rings (SSSR count). The van der Waals surface area contributed by atoms with Crippen LogP contribution in [0.3, 0.4) is 0 Å². The molecule has 0 amide bonds. The highest BCUT2D eigenvalue weighted by Gasteiger charge is 2.32. The smallest absolute Gasteiger partial charge is 0.230 e. The van der Waals surface area contributed by atoms with E-state index >= 15 is 0 Å². The maximum absolute atomic E-state index is 5.63. The summed E-state index contributed by atoms with van der Waals surface area (Å²) >= 11 is 0. The summed E-state index contributed by atoms with van der Waals surface area (Å²) in [5.74, 6) is 1.44. The van der Waals surface area contributed by atoms with Gasteiger partial charge in [0.25, 0.3) is 0 Å². The van der Waals surface area contributed by atoms with Crippen molar-refractivity contribution < 1.29 is 4.52 Å². The van der Waals surface area contributed by atoms with Gasteiger partial charge in [0.15, 0.2) is 0 Å². The third kappa shape index (κ3) is 3.63. The van der Waals surface area contributed by atoms with Crippen LogP contribution >= 0.6 is 0 Å². The van der Waals surface area contributed by atoms with E-state index in [0.717, 1.165) is 36.3 Å². The van der Waals surface area contributed by atoms with Crippen LogP contribution in [0.2, 0.25) is 0 Å². The van der Waals surface area contributed by atoms with Gasteiger partial charge < -0.3 is 9.84 Å². The first-order valence-corrected chi connectivity index (χ1v) is 10.5. The molecule has 1 unspecified atom stereocenters. The summed E-state index contributed by atoms with van der Waals surface area (Å²) in [7, 11) is 0. The SMILES string of the molecule is CC(C)(C)Nc1ccc(-c2noc(C3CCc4nnn(C5CCC5)c4C3)n2)nc1. The summed E-state index contributed by atoms with van der Waals surface area (Å²) < 4.78 is 7.78. The van der Waals surface area contributed by atoms with Gasteiger partial charge in [-0.1, -0.05) is 10.4 Å². The Morgan fingerprint density at radius 2 is 2.03 bits per heavy atom. The zero-order valence-corrected chi connectivity index (χ0v) is 17.2. The maximum Gasteiger partial charge on any atom is 0.230 e. The van der Waals surface area contributed by atoms with Crippen molar-refractivity contribution in [2.45, 2.75) is 76.8 Å². The second-order valence-corrected chi connectivity index (χ2v) is 9.22. The fraction of sp³-hybridized carbons (Fsp3) is 0.571. The number of anilines is 1. The number of rotatable bonds is 4. The van der Waals surface area contributed by atoms with E-state index in [9.17, 15) is 0 Å². The average molecular weight is 393 g/mol. The van der Waals surface area contributed by atoms with Gasteiger partial charge in [-0.25, -0.2) is 4.68 Å². The van der Waals surface area contributed by atoms with Crippen LogP contribution in [0.4, 0.5) is 5.69 Å². The first kappa shape index (κ1) is 18.3. The van der Waals surface area contributed by atoms with E-state index in [1.54, 1.807) is 0 Å². The minimum Gasteiger partial charge on any atom is -0.379 e. The van der Waals surface area contributed by atoms with Gasteiger partial charge in [0.2, 0.25) is 11.7 Å². The lowest BCUT2D eigenvalue weighted by molar-refractivity contribution is 0.271. The molecule has 8 nitrogen and oxygen atoms in total. The number of hydrogen-bond acceptors (Lipinski definition) is 7. The van der Waals surface area contributed by atoms with Crippen molar-refractivity contribution in [3.63, 3.8) is 0 Å². The quantitative estimate of drug-likeness (QED) is 0.717. The predicted molar refractivity (Wildman–Crippen MR) is 109 cm³/mol. The number of nitrogens with zero attached hydrogens (tertiary/aromatic N) is 6. The molecule has 0 radical (unpaired) electrons. The van der Waals surface area contributed by atoms with Crippen molar-refractivity contribution in [2.24, 2.45) is 0 Å². The number of aromatic nitrogens is 6. The Morgan fingerprint density at radius 1 is 1.17 bits per heavy atom. The van der Waals surface area contributed by atoms with Crippen molar-refractivity contribution in [1.29, 1.82) is 0 Å². The third-order valence-corrected chi connectivity index (χ3v) is 5.76. The van der Waals surface area contributed by atoms with Gasteiger partial charge in [-0.05, 0) is 65.0 Å². The topological polar surface area (TPSA) is 94.6 Å². The zero-order chi connectivity index (χ0) is 20.0. The summed E-state index contributed by atoms with van der Waals surface area (Å²) in [5.41, 5.74) is 4.07. The Hall–Kier alpha value is -2.77. The number of fused-ring (bicyclic) bond motifs is 1. The van der Waals surface area contributed by atoms with Gasteiger partial charge in [0, 0.05) is 17.9 Å². The largest absolute Gasteiger partial charge is 0.379 e. The van der Waals surface area contributed by atoms with Gasteiger partial charge in [-0.2, -0.15) is 4.98 Å². The molecule has 3 aromatic rings. The van der Waals surface area contributed by atoms with Gasteiger partial charge in [0.05, 0.1) is 29.3 Å². The lowest BCUT2D eigenvalue weighted by Gasteiger charge is -2.28. The first-order valence-electron chi connectivity index (χ1n) is 10.5. The third-order valence-electron chi connectivity index (χ3n) is 5.76. The molecule has 3 heterocycles. The molecule has 2 aliphatic rings. The molecule has 1 atom stereocenters. The van der Waals surface area contributed by atoms with Crippen LogP contribution < -0.4 is 5.32 Å². The summed E-state index contributed by atoms with van der Waals surface area (Å²) in [5, 5.41) is 16.4. The highest BCUT2D eigenvalue weighted by Crippen LogP contribution is 2.37. The lowest BCUT2D eigenvalue weighted by atomic mass is 9.87. The molecule has 0 spiro atoms. The van der Waals surface area contributed by atoms with Crippen molar-refractivity contribution in [1.82, 2.24) is 30.1 Å². The number of hydrogen-bond donors (Lipinski definition) is 1. The van der Waals surface area contributed by atoms with Gasteiger partial charge in [-0.3, -0.25) is 4.98 Å². The van der Waals surface area contributed by atoms with E-state index in [1.165, 1.54) is 25.0 Å². The Balaban J connectivity index is 1.32. The van der Waals surface area contributed by atoms with Gasteiger partial charge in [0.1, 0.15) is 5.69 Å². The Labute approximate surface area is 170 Å². The normalized spacial score (nSPS) is 19.6. The molecule has 1 fully saturated rings. The molecule has 0 bridgehead atoms. The lowest BCUT2D eigenvalue weighted by Crippen LogP contribution is -2.26. The molecule has 0 aliphatic heterocycles. The Kier molecular flexibility index (Phi) is 4.37. The molecule has 8 heteroatoms. The molecule has 152 valence electrons. The highest BCUT2D eigenvalue weighted by molar-refractivity contribution is 5.53. The number of nitrogens with one attached hydrogen (secondary N) is 1. The standard InChI is InChI=1S/C21H27N7O/c1-21(2,3)24-14-8-10-17(22-12-14)19-23-20(29-26-19)13-7-9-16-18(11-13)28(27-25-16)15-5-4-6-15/h8,10,12-13,15,24H,4-7,9,11H2,1-3H3. The van der Waals surface area contributed by atoms with E-state index < -0.39 is 0 Å². The fourth-order valence-corrected chi connectivity index (χ4v) is 4.07. The zero-order valence-electron chi connectivity index (χ0n) is 17.2. The second kappa shape index (κ2) is 6.93. The summed E-state index contributed by atoms with van der Waals surface area (Å²) in [6.45, 7) is 6.36. The monoisotopic (exact) mass is 393 g/mol. The van der Waals surface area contributed by atoms with Crippen LogP contribution in [0.5, 0.6) is 0 Å². The van der Waals surface area contributed by atoms with Gasteiger partial charge >= 0.3 is 0 Å². The summed E-state index contributed by atoms with van der Waals surface area (Å²) in [6, 6.07) is 4.45. The molecular formula is C21H27N7O. The molecule has 3 aromatic heterocycles. The molecular weight excluding hydrogens is 366 g/mol. The van der Waals surface area contributed by atoms with Crippen LogP contribution in [0.25, 0.3) is 11.5 Å². The van der Waals surface area contributed by atoms with Gasteiger partial charge in [-0.15, -0.1) is 5.10 Å². The van der Waals surface area contributed by atoms with Crippen LogP contribution in [0.1, 0.15) is 75.7 Å². The van der Waals surface area contributed by atoms with E-state index in [2.05, 4.69) is 56.2 Å². The molecule has 0 saturated heterocycles. The Bertz CT molecular complexity index is 995. The van der Waals surface area contributed by atoms with Crippen LogP contribution in [0.15, 0.2) is 22.9 Å². The van der Waals surface area contributed by atoms with E-state index in [0.29, 0.717) is 17.8 Å². The fourth-order valence-electron chi connectivity index (χ4n) is 4.07. The minimum atomic E-state index is -0.0107. The highest BCUT2D eigenvalue weighted by atomic mass is 16.5. The molecule has 29 heavy (non-hydrogen) atoms. The molecule has 1 saturated carbocycles. The average Bonchev–Trinajstić information content (AvgIpc) is 3.27. The van der Waals surface area contributed by atoms with Crippen molar-refractivity contribution in [3.8, 4) is 11.5 Å². The minimum absolute atomic E-state index is 0.0107. The van der Waals surface area contributed by atoms with Crippen LogP contribution in [0, 0.1) is 0 Å². The van der Waals surface area contributed by atoms with Crippen LogP contribution in [-0.4, -0.2) is 35.7 Å². The summed E-state index contributed by atoms with van der Waals surface area (Å²) in [6.07, 6.45) is 8.24. The second-order valence-electron chi connectivity index (χ2n) is 9.22.